The number of benzene rings is 1. The average Bonchev–Trinajstić information content (AvgIpc) is 2.40. The Bertz CT molecular complexity index is 558. The summed E-state index contributed by atoms with van der Waals surface area (Å²) in [5.41, 5.74) is 1.20. The molecule has 0 saturated heterocycles. The van der Waals surface area contributed by atoms with Gasteiger partial charge in [0, 0.05) is 22.5 Å². The number of hydrogen-bond acceptors (Lipinski definition) is 3. The third-order valence-electron chi connectivity index (χ3n) is 2.38. The average molecular weight is 354 g/mol. The zero-order valence-corrected chi connectivity index (χ0v) is 11.6. The van der Waals surface area contributed by atoms with Crippen LogP contribution in [0.15, 0.2) is 42.7 Å². The summed E-state index contributed by atoms with van der Waals surface area (Å²) in [6.07, 6.45) is 3.37. The summed E-state index contributed by atoms with van der Waals surface area (Å²) >= 11 is 2.09. The number of hydrogen-bond donors (Lipinski definition) is 2. The van der Waals surface area contributed by atoms with E-state index in [1.165, 1.54) is 6.07 Å². The molecule has 2 aromatic rings. The molecule has 92 valence electrons. The van der Waals surface area contributed by atoms with Crippen LogP contribution in [0.1, 0.15) is 15.9 Å². The van der Waals surface area contributed by atoms with E-state index >= 15 is 0 Å². The zero-order chi connectivity index (χ0) is 13.0. The lowest BCUT2D eigenvalue weighted by Crippen LogP contribution is -2.23. The Morgan fingerprint density at radius 1 is 1.39 bits per heavy atom. The third kappa shape index (κ3) is 3.19. The minimum absolute atomic E-state index is 0.0147. The summed E-state index contributed by atoms with van der Waals surface area (Å²) in [6.45, 7) is 0.386. The molecule has 1 aromatic carbocycles. The number of phenolic OH excluding ortho intramolecular Hbond substituents is 1. The van der Waals surface area contributed by atoms with Gasteiger partial charge in [0.15, 0.2) is 0 Å². The number of aromatic hydroxyl groups is 1. The van der Waals surface area contributed by atoms with E-state index in [1.54, 1.807) is 24.5 Å². The van der Waals surface area contributed by atoms with Gasteiger partial charge >= 0.3 is 0 Å². The summed E-state index contributed by atoms with van der Waals surface area (Å²) in [5.74, 6) is -0.311. The van der Waals surface area contributed by atoms with Crippen molar-refractivity contribution >= 4 is 28.5 Å². The lowest BCUT2D eigenvalue weighted by Gasteiger charge is -2.07. The molecule has 2 N–H and O–H groups in total. The first kappa shape index (κ1) is 12.8. The minimum Gasteiger partial charge on any atom is -0.507 e. The molecule has 4 nitrogen and oxygen atoms in total. The summed E-state index contributed by atoms with van der Waals surface area (Å²) in [5, 5.41) is 12.4. The number of halogens is 1. The normalized spacial score (nSPS) is 10.1. The molecule has 0 saturated carbocycles. The summed E-state index contributed by atoms with van der Waals surface area (Å²) < 4.78 is 0.900. The van der Waals surface area contributed by atoms with Crippen LogP contribution in [0.3, 0.4) is 0 Å². The largest absolute Gasteiger partial charge is 0.507 e. The Kier molecular flexibility index (Phi) is 4.14. The number of nitrogens with one attached hydrogen (secondary N) is 1. The smallest absolute Gasteiger partial charge is 0.255 e. The van der Waals surface area contributed by atoms with Crippen LogP contribution in [-0.2, 0) is 6.54 Å². The minimum atomic E-state index is -0.296. The quantitative estimate of drug-likeness (QED) is 0.832. The Labute approximate surface area is 118 Å². The van der Waals surface area contributed by atoms with Crippen LogP contribution < -0.4 is 5.32 Å². The van der Waals surface area contributed by atoms with E-state index in [9.17, 15) is 9.90 Å². The van der Waals surface area contributed by atoms with Crippen molar-refractivity contribution in [3.05, 3.63) is 57.4 Å². The van der Waals surface area contributed by atoms with Crippen molar-refractivity contribution in [2.24, 2.45) is 0 Å². The summed E-state index contributed by atoms with van der Waals surface area (Å²) in [4.78, 5) is 15.9. The molecule has 0 unspecified atom stereocenters. The molecule has 0 spiro atoms. The molecule has 0 aliphatic heterocycles. The second kappa shape index (κ2) is 5.81. The lowest BCUT2D eigenvalue weighted by molar-refractivity contribution is 0.0948. The van der Waals surface area contributed by atoms with E-state index in [1.807, 2.05) is 12.1 Å². The Balaban J connectivity index is 2.06. The monoisotopic (exact) mass is 354 g/mol. The molecular weight excluding hydrogens is 343 g/mol. The Hall–Kier alpha value is -1.63. The molecule has 0 radical (unpaired) electrons. The van der Waals surface area contributed by atoms with Crippen LogP contribution in [0.2, 0.25) is 0 Å². The number of nitrogens with zero attached hydrogens (tertiary/aromatic N) is 1. The van der Waals surface area contributed by atoms with Gasteiger partial charge in [-0.25, -0.2) is 0 Å². The highest BCUT2D eigenvalue weighted by Crippen LogP contribution is 2.19. The van der Waals surface area contributed by atoms with Crippen molar-refractivity contribution in [3.8, 4) is 5.75 Å². The molecular formula is C13H11IN2O2. The van der Waals surface area contributed by atoms with Crippen LogP contribution in [-0.4, -0.2) is 16.0 Å². The SMILES string of the molecule is O=C(NCc1cccnc1)c1cc(I)ccc1O. The maximum Gasteiger partial charge on any atom is 0.255 e. The number of rotatable bonds is 3. The predicted octanol–water partition coefficient (Wildman–Crippen LogP) is 2.32. The van der Waals surface area contributed by atoms with Crippen molar-refractivity contribution < 1.29 is 9.90 Å². The highest BCUT2D eigenvalue weighted by atomic mass is 127. The summed E-state index contributed by atoms with van der Waals surface area (Å²) in [6, 6.07) is 8.59. The molecule has 1 aromatic heterocycles. The number of carbonyl (C=O) groups excluding carboxylic acids is 1. The van der Waals surface area contributed by atoms with E-state index in [-0.39, 0.29) is 17.2 Å². The van der Waals surface area contributed by atoms with Crippen molar-refractivity contribution in [2.75, 3.05) is 0 Å². The fourth-order valence-corrected chi connectivity index (χ4v) is 1.96. The molecule has 1 amide bonds. The van der Waals surface area contributed by atoms with Crippen molar-refractivity contribution in [1.82, 2.24) is 10.3 Å². The molecule has 0 bridgehead atoms. The highest BCUT2D eigenvalue weighted by molar-refractivity contribution is 14.1. The second-order valence-corrected chi connectivity index (χ2v) is 4.95. The van der Waals surface area contributed by atoms with Gasteiger partial charge < -0.3 is 10.4 Å². The van der Waals surface area contributed by atoms with Gasteiger partial charge in [0.1, 0.15) is 5.75 Å². The molecule has 1 heterocycles. The maximum absolute atomic E-state index is 11.9. The van der Waals surface area contributed by atoms with Crippen LogP contribution in [0.5, 0.6) is 5.75 Å². The number of carbonyl (C=O) groups is 1. The van der Waals surface area contributed by atoms with Crippen LogP contribution in [0.4, 0.5) is 0 Å². The van der Waals surface area contributed by atoms with E-state index in [2.05, 4.69) is 32.9 Å². The first-order valence-corrected chi connectivity index (χ1v) is 6.40. The second-order valence-electron chi connectivity index (χ2n) is 3.71. The Morgan fingerprint density at radius 2 is 2.22 bits per heavy atom. The Morgan fingerprint density at radius 3 is 2.94 bits per heavy atom. The molecule has 2 rings (SSSR count). The van der Waals surface area contributed by atoms with Gasteiger partial charge in [0.05, 0.1) is 5.56 Å². The van der Waals surface area contributed by atoms with Gasteiger partial charge in [0.25, 0.3) is 5.91 Å². The van der Waals surface area contributed by atoms with Crippen molar-refractivity contribution in [2.45, 2.75) is 6.54 Å². The fraction of sp³-hybridized carbons (Fsp3) is 0.0769. The van der Waals surface area contributed by atoms with Gasteiger partial charge in [-0.3, -0.25) is 9.78 Å². The van der Waals surface area contributed by atoms with E-state index in [0.29, 0.717) is 6.54 Å². The molecule has 0 aliphatic rings. The molecule has 18 heavy (non-hydrogen) atoms. The third-order valence-corrected chi connectivity index (χ3v) is 3.05. The van der Waals surface area contributed by atoms with Gasteiger partial charge in [-0.2, -0.15) is 0 Å². The molecule has 0 atom stereocenters. The topological polar surface area (TPSA) is 62.2 Å². The molecule has 5 heteroatoms. The first-order valence-electron chi connectivity index (χ1n) is 5.32. The fourth-order valence-electron chi connectivity index (χ4n) is 1.47. The summed E-state index contributed by atoms with van der Waals surface area (Å²) in [7, 11) is 0. The van der Waals surface area contributed by atoms with Crippen LogP contribution in [0.25, 0.3) is 0 Å². The van der Waals surface area contributed by atoms with E-state index in [0.717, 1.165) is 9.13 Å². The number of pyridine rings is 1. The first-order chi connectivity index (χ1) is 8.66. The highest BCUT2D eigenvalue weighted by Gasteiger charge is 2.10. The van der Waals surface area contributed by atoms with Crippen LogP contribution >= 0.6 is 22.6 Å². The maximum atomic E-state index is 11.9. The van der Waals surface area contributed by atoms with Crippen molar-refractivity contribution in [1.29, 1.82) is 0 Å². The van der Waals surface area contributed by atoms with Crippen LogP contribution in [0, 0.1) is 3.57 Å². The van der Waals surface area contributed by atoms with Gasteiger partial charge in [-0.05, 0) is 52.4 Å². The zero-order valence-electron chi connectivity index (χ0n) is 9.43. The van der Waals surface area contributed by atoms with E-state index in [4.69, 9.17) is 0 Å². The number of aromatic nitrogens is 1. The number of phenols is 1. The number of amides is 1. The van der Waals surface area contributed by atoms with Gasteiger partial charge in [0.2, 0.25) is 0 Å². The standard InChI is InChI=1S/C13H11IN2O2/c14-10-3-4-12(17)11(6-10)13(18)16-8-9-2-1-5-15-7-9/h1-7,17H,8H2,(H,16,18). The lowest BCUT2D eigenvalue weighted by atomic mass is 10.2. The predicted molar refractivity (Wildman–Crippen MR) is 76.2 cm³/mol. The molecule has 0 fully saturated rings. The molecule has 0 aliphatic carbocycles. The van der Waals surface area contributed by atoms with E-state index < -0.39 is 0 Å². The van der Waals surface area contributed by atoms with Gasteiger partial charge in [-0.15, -0.1) is 0 Å². The van der Waals surface area contributed by atoms with Crippen molar-refractivity contribution in [3.63, 3.8) is 0 Å². The van der Waals surface area contributed by atoms with Gasteiger partial charge in [-0.1, -0.05) is 6.07 Å².